The van der Waals surface area contributed by atoms with Crippen molar-refractivity contribution in [3.05, 3.63) is 0 Å². The molecule has 0 aliphatic rings. The number of rotatable bonds is 8. The summed E-state index contributed by atoms with van der Waals surface area (Å²) in [4.78, 5) is 11.8. The third kappa shape index (κ3) is 3.78. The molecule has 0 heterocycles. The maximum absolute atomic E-state index is 11.8. The van der Waals surface area contributed by atoms with Crippen LogP contribution in [0.5, 0.6) is 0 Å². The van der Waals surface area contributed by atoms with E-state index in [4.69, 9.17) is 4.74 Å². The highest BCUT2D eigenvalue weighted by Gasteiger charge is 2.42. The van der Waals surface area contributed by atoms with Gasteiger partial charge in [-0.15, -0.1) is 0 Å². The Labute approximate surface area is 99.2 Å². The van der Waals surface area contributed by atoms with Gasteiger partial charge in [0.25, 0.3) is 0 Å². The van der Waals surface area contributed by atoms with E-state index >= 15 is 0 Å². The molecule has 3 nitrogen and oxygen atoms in total. The normalized spacial score (nSPS) is 14.9. The number of carbonyl (C=O) groups is 1. The fourth-order valence-electron chi connectivity index (χ4n) is 2.17. The van der Waals surface area contributed by atoms with Crippen LogP contribution in [0.2, 0.25) is 0 Å². The van der Waals surface area contributed by atoms with Gasteiger partial charge in [-0.25, -0.2) is 4.79 Å². The van der Waals surface area contributed by atoms with Crippen molar-refractivity contribution in [2.24, 2.45) is 5.92 Å². The van der Waals surface area contributed by atoms with Crippen molar-refractivity contribution in [3.63, 3.8) is 0 Å². The summed E-state index contributed by atoms with van der Waals surface area (Å²) in [5.74, 6) is -0.434. The van der Waals surface area contributed by atoms with Gasteiger partial charge in [-0.05, 0) is 32.1 Å². The molecule has 0 saturated heterocycles. The summed E-state index contributed by atoms with van der Waals surface area (Å²) >= 11 is 0. The van der Waals surface area contributed by atoms with E-state index < -0.39 is 11.6 Å². The molecule has 0 saturated carbocycles. The molecule has 0 rings (SSSR count). The quantitative estimate of drug-likeness (QED) is 0.652. The van der Waals surface area contributed by atoms with Crippen molar-refractivity contribution < 1.29 is 14.6 Å². The van der Waals surface area contributed by atoms with Crippen LogP contribution in [0, 0.1) is 5.92 Å². The molecule has 0 aromatic rings. The summed E-state index contributed by atoms with van der Waals surface area (Å²) in [5.41, 5.74) is -1.29. The highest BCUT2D eigenvalue weighted by atomic mass is 16.5. The molecule has 1 atom stereocenters. The third-order valence-electron chi connectivity index (χ3n) is 3.12. The molecular formula is C13H26O3. The molecule has 0 fully saturated rings. The average Bonchev–Trinajstić information content (AvgIpc) is 2.28. The molecule has 0 aromatic carbocycles. The van der Waals surface area contributed by atoms with E-state index in [-0.39, 0.29) is 5.92 Å². The molecule has 96 valence electrons. The van der Waals surface area contributed by atoms with Gasteiger partial charge in [-0.2, -0.15) is 0 Å². The monoisotopic (exact) mass is 230 g/mol. The van der Waals surface area contributed by atoms with Crippen molar-refractivity contribution in [2.75, 3.05) is 6.61 Å². The van der Waals surface area contributed by atoms with E-state index in [1.807, 2.05) is 6.92 Å². The molecule has 0 aliphatic carbocycles. The first-order chi connectivity index (χ1) is 7.56. The van der Waals surface area contributed by atoms with Gasteiger partial charge < -0.3 is 9.84 Å². The Hall–Kier alpha value is -0.570. The van der Waals surface area contributed by atoms with E-state index in [0.29, 0.717) is 13.0 Å². The summed E-state index contributed by atoms with van der Waals surface area (Å²) in [6, 6.07) is 0. The topological polar surface area (TPSA) is 46.5 Å². The highest BCUT2D eigenvalue weighted by Crippen LogP contribution is 2.31. The fourth-order valence-corrected chi connectivity index (χ4v) is 2.17. The van der Waals surface area contributed by atoms with Gasteiger partial charge in [0.2, 0.25) is 0 Å². The molecule has 16 heavy (non-hydrogen) atoms. The maximum atomic E-state index is 11.8. The molecule has 0 bridgehead atoms. The lowest BCUT2D eigenvalue weighted by Crippen LogP contribution is -2.46. The first-order valence-electron chi connectivity index (χ1n) is 6.46. The van der Waals surface area contributed by atoms with Crippen molar-refractivity contribution in [1.82, 2.24) is 0 Å². The maximum Gasteiger partial charge on any atom is 0.338 e. The number of hydrogen-bond acceptors (Lipinski definition) is 3. The summed E-state index contributed by atoms with van der Waals surface area (Å²) in [7, 11) is 0. The zero-order valence-corrected chi connectivity index (χ0v) is 11.1. The second-order valence-corrected chi connectivity index (χ2v) is 4.27. The molecule has 1 N–H and O–H groups in total. The van der Waals surface area contributed by atoms with Crippen LogP contribution >= 0.6 is 0 Å². The number of hydrogen-bond donors (Lipinski definition) is 1. The summed E-state index contributed by atoms with van der Waals surface area (Å²) in [6.07, 6.45) is 4.13. The van der Waals surface area contributed by atoms with Crippen LogP contribution < -0.4 is 0 Å². The Bertz CT molecular complexity index is 197. The van der Waals surface area contributed by atoms with Gasteiger partial charge in [-0.3, -0.25) is 0 Å². The minimum absolute atomic E-state index is 0.0200. The molecule has 0 radical (unpaired) electrons. The van der Waals surface area contributed by atoms with Gasteiger partial charge in [0.1, 0.15) is 0 Å². The standard InChI is InChI=1S/C13H26O3/c1-5-9-11(10-6-2)13(15,7-3)12(14)16-8-4/h11,15H,5-10H2,1-4H3. The van der Waals surface area contributed by atoms with E-state index in [1.165, 1.54) is 0 Å². The van der Waals surface area contributed by atoms with Crippen LogP contribution in [0.4, 0.5) is 0 Å². The minimum Gasteiger partial charge on any atom is -0.464 e. The number of aliphatic hydroxyl groups is 1. The zero-order chi connectivity index (χ0) is 12.6. The molecule has 0 spiro atoms. The highest BCUT2D eigenvalue weighted by molar-refractivity contribution is 5.79. The summed E-state index contributed by atoms with van der Waals surface area (Å²) in [5, 5.41) is 10.5. The van der Waals surface area contributed by atoms with Gasteiger partial charge in [0.15, 0.2) is 5.60 Å². The Balaban J connectivity index is 4.77. The molecule has 0 aromatic heterocycles. The third-order valence-corrected chi connectivity index (χ3v) is 3.12. The first kappa shape index (κ1) is 15.4. The van der Waals surface area contributed by atoms with E-state index in [2.05, 4.69) is 13.8 Å². The van der Waals surface area contributed by atoms with Gasteiger partial charge in [0.05, 0.1) is 6.61 Å². The fraction of sp³-hybridized carbons (Fsp3) is 0.923. The van der Waals surface area contributed by atoms with Gasteiger partial charge in [0, 0.05) is 0 Å². The van der Waals surface area contributed by atoms with Crippen molar-refractivity contribution in [2.45, 2.75) is 65.4 Å². The molecule has 3 heteroatoms. The van der Waals surface area contributed by atoms with Crippen molar-refractivity contribution in [1.29, 1.82) is 0 Å². The van der Waals surface area contributed by atoms with Gasteiger partial charge in [-0.1, -0.05) is 33.6 Å². The van der Waals surface area contributed by atoms with E-state index in [9.17, 15) is 9.90 Å². The van der Waals surface area contributed by atoms with Gasteiger partial charge >= 0.3 is 5.97 Å². The smallest absolute Gasteiger partial charge is 0.338 e. The summed E-state index contributed by atoms with van der Waals surface area (Å²) in [6.45, 7) is 8.08. The molecule has 0 amide bonds. The zero-order valence-electron chi connectivity index (χ0n) is 11.1. The second kappa shape index (κ2) is 7.66. The summed E-state index contributed by atoms with van der Waals surface area (Å²) < 4.78 is 4.98. The van der Waals surface area contributed by atoms with E-state index in [0.717, 1.165) is 25.7 Å². The SMILES string of the molecule is CCCC(CCC)C(O)(CC)C(=O)OCC. The van der Waals surface area contributed by atoms with Crippen molar-refractivity contribution in [3.8, 4) is 0 Å². The predicted octanol–water partition coefficient (Wildman–Crippen LogP) is 2.91. The number of carbonyl (C=O) groups excluding carboxylic acids is 1. The van der Waals surface area contributed by atoms with E-state index in [1.54, 1.807) is 6.92 Å². The van der Waals surface area contributed by atoms with Crippen molar-refractivity contribution >= 4 is 5.97 Å². The predicted molar refractivity (Wildman–Crippen MR) is 65.2 cm³/mol. The lowest BCUT2D eigenvalue weighted by atomic mass is 9.79. The Morgan fingerprint density at radius 3 is 2.00 bits per heavy atom. The Morgan fingerprint density at radius 2 is 1.69 bits per heavy atom. The lowest BCUT2D eigenvalue weighted by Gasteiger charge is -2.33. The van der Waals surface area contributed by atoms with Crippen LogP contribution in [0.3, 0.4) is 0 Å². The number of ether oxygens (including phenoxy) is 1. The van der Waals surface area contributed by atoms with Crippen LogP contribution in [-0.4, -0.2) is 23.3 Å². The average molecular weight is 230 g/mol. The Morgan fingerprint density at radius 1 is 1.19 bits per heavy atom. The van der Waals surface area contributed by atoms with Crippen LogP contribution in [0.15, 0.2) is 0 Å². The first-order valence-corrected chi connectivity index (χ1v) is 6.46. The second-order valence-electron chi connectivity index (χ2n) is 4.27. The Kier molecular flexibility index (Phi) is 7.39. The minimum atomic E-state index is -1.29. The molecule has 1 unspecified atom stereocenters. The molecule has 0 aliphatic heterocycles. The largest absolute Gasteiger partial charge is 0.464 e. The van der Waals surface area contributed by atoms with Crippen LogP contribution in [0.1, 0.15) is 59.8 Å². The van der Waals surface area contributed by atoms with Crippen LogP contribution in [-0.2, 0) is 9.53 Å². The molecular weight excluding hydrogens is 204 g/mol. The number of esters is 1. The lowest BCUT2D eigenvalue weighted by molar-refractivity contribution is -0.172. The van der Waals surface area contributed by atoms with Crippen LogP contribution in [0.25, 0.3) is 0 Å².